The number of nitrogens with zero attached hydrogens (tertiary/aromatic N) is 10. The highest BCUT2D eigenvalue weighted by Crippen LogP contribution is 2.54. The zero-order valence-electron chi connectivity index (χ0n) is 37.7. The molecule has 0 bridgehead atoms. The molecule has 0 atom stereocenters. The first-order valence-corrected chi connectivity index (χ1v) is 24.2. The van der Waals surface area contributed by atoms with Crippen LogP contribution < -0.4 is 15.0 Å². The van der Waals surface area contributed by atoms with Gasteiger partial charge in [-0.3, -0.25) is 23.9 Å². The topological polar surface area (TPSA) is 169 Å². The number of rotatable bonds is 11. The molecule has 16 heteroatoms. The minimum Gasteiger partial charge on any atom is -0.490 e. The Morgan fingerprint density at radius 1 is 1.00 bits per heavy atom. The summed E-state index contributed by atoms with van der Waals surface area (Å²) in [5.41, 5.74) is 7.35. The van der Waals surface area contributed by atoms with Crippen LogP contribution in [-0.4, -0.2) is 96.5 Å². The van der Waals surface area contributed by atoms with Crippen LogP contribution in [0.4, 0.5) is 5.82 Å². The van der Waals surface area contributed by atoms with Crippen LogP contribution in [0.3, 0.4) is 0 Å². The van der Waals surface area contributed by atoms with Crippen LogP contribution in [0, 0.1) is 22.7 Å². The van der Waals surface area contributed by atoms with Crippen molar-refractivity contribution in [3.8, 4) is 34.3 Å². The second-order valence-electron chi connectivity index (χ2n) is 19.4. The number of ether oxygens (including phenoxy) is 2. The average Bonchev–Trinajstić information content (AvgIpc) is 3.96. The molecule has 67 heavy (non-hydrogen) atoms. The molecule has 11 rings (SSSR count). The Bertz CT molecular complexity index is 2860. The third-order valence-corrected chi connectivity index (χ3v) is 15.2. The number of nitriles is 1. The molecule has 2 amide bonds. The van der Waals surface area contributed by atoms with Crippen LogP contribution >= 0.6 is 11.6 Å². The molecule has 2 aromatic carbocycles. The Morgan fingerprint density at radius 3 is 2.60 bits per heavy atom. The van der Waals surface area contributed by atoms with Crippen molar-refractivity contribution in [1.29, 1.82) is 5.26 Å². The highest BCUT2D eigenvalue weighted by atomic mass is 35.5. The first kappa shape index (κ1) is 43.2. The van der Waals surface area contributed by atoms with Gasteiger partial charge in [-0.2, -0.15) is 15.5 Å². The van der Waals surface area contributed by atoms with E-state index in [-0.39, 0.29) is 24.0 Å². The van der Waals surface area contributed by atoms with Crippen molar-refractivity contribution in [2.24, 2.45) is 11.3 Å². The molecule has 3 aliphatic heterocycles. The highest BCUT2D eigenvalue weighted by Gasteiger charge is 2.52. The fourth-order valence-electron chi connectivity index (χ4n) is 11.2. The Morgan fingerprint density at radius 2 is 1.84 bits per heavy atom. The summed E-state index contributed by atoms with van der Waals surface area (Å²) in [6.07, 6.45) is 15.4. The maximum atomic E-state index is 13.1. The number of halogens is 1. The largest absolute Gasteiger partial charge is 0.490 e. The number of nitrogens with one attached hydrogen (secondary N) is 1. The summed E-state index contributed by atoms with van der Waals surface area (Å²) >= 11 is 6.17. The van der Waals surface area contributed by atoms with E-state index in [4.69, 9.17) is 41.5 Å². The molecule has 0 radical (unpaired) electrons. The summed E-state index contributed by atoms with van der Waals surface area (Å²) in [6, 6.07) is 19.7. The minimum atomic E-state index is -0.204. The Hall–Kier alpha value is -6.37. The molecule has 0 unspecified atom stereocenters. The van der Waals surface area contributed by atoms with Crippen LogP contribution in [0.25, 0.3) is 33.3 Å². The lowest BCUT2D eigenvalue weighted by atomic mass is 9.57. The summed E-state index contributed by atoms with van der Waals surface area (Å²) in [7, 11) is 0. The number of anilines is 1. The molecule has 4 aromatic heterocycles. The van der Waals surface area contributed by atoms with Gasteiger partial charge >= 0.3 is 0 Å². The van der Waals surface area contributed by atoms with E-state index in [2.05, 4.69) is 66.3 Å². The van der Waals surface area contributed by atoms with Gasteiger partial charge in [-0.05, 0) is 99.4 Å². The van der Waals surface area contributed by atoms with Gasteiger partial charge in [0.15, 0.2) is 11.5 Å². The molecule has 2 saturated heterocycles. The minimum absolute atomic E-state index is 0.0320. The van der Waals surface area contributed by atoms with Gasteiger partial charge in [0.1, 0.15) is 11.8 Å². The van der Waals surface area contributed by atoms with E-state index < -0.39 is 0 Å². The first-order chi connectivity index (χ1) is 32.7. The van der Waals surface area contributed by atoms with Crippen molar-refractivity contribution in [3.63, 3.8) is 0 Å². The molecule has 4 fully saturated rings. The number of benzene rings is 2. The lowest BCUT2D eigenvalue weighted by molar-refractivity contribution is -0.129. The van der Waals surface area contributed by atoms with Crippen LogP contribution in [0.5, 0.6) is 5.75 Å². The Labute approximate surface area is 394 Å². The molecule has 15 nitrogen and oxygen atoms in total. The SMILES string of the molecule is CC(=O)N1CCc2c(c(-c3cccc4cc(-c5cnn(CCC6CC7(C6)CN(c6ccc(C(=O)NC8CCC(Oc9ccc(C#N)c(Cl)c9)CC8)nn6)C7)c5)ncc34)nn2C2CCOCC2)C1. The zero-order valence-corrected chi connectivity index (χ0v) is 38.5. The van der Waals surface area contributed by atoms with Crippen LogP contribution in [0.15, 0.2) is 73.2 Å². The van der Waals surface area contributed by atoms with Crippen LogP contribution in [0.1, 0.15) is 98.1 Å². The monoisotopic (exact) mass is 919 g/mol. The van der Waals surface area contributed by atoms with E-state index in [9.17, 15) is 9.59 Å². The molecule has 2 aliphatic carbocycles. The second-order valence-corrected chi connectivity index (χ2v) is 19.8. The Kier molecular flexibility index (Phi) is 11.6. The Balaban J connectivity index is 0.652. The van der Waals surface area contributed by atoms with Crippen molar-refractivity contribution in [1.82, 2.24) is 45.0 Å². The smallest absolute Gasteiger partial charge is 0.272 e. The lowest BCUT2D eigenvalue weighted by Gasteiger charge is -2.59. The predicted octanol–water partition coefficient (Wildman–Crippen LogP) is 7.96. The lowest BCUT2D eigenvalue weighted by Crippen LogP contribution is -2.62. The van der Waals surface area contributed by atoms with E-state index in [0.717, 1.165) is 129 Å². The number of hydrogen-bond acceptors (Lipinski definition) is 11. The van der Waals surface area contributed by atoms with Gasteiger partial charge in [-0.1, -0.05) is 29.8 Å². The summed E-state index contributed by atoms with van der Waals surface area (Å²) in [5, 5.41) is 33.5. The molecule has 1 N–H and O–H groups in total. The summed E-state index contributed by atoms with van der Waals surface area (Å²) in [4.78, 5) is 34.7. The van der Waals surface area contributed by atoms with Crippen molar-refractivity contribution in [3.05, 3.63) is 101 Å². The maximum absolute atomic E-state index is 13.1. The number of pyridine rings is 1. The van der Waals surface area contributed by atoms with Crippen LogP contribution in [0.2, 0.25) is 5.02 Å². The van der Waals surface area contributed by atoms with Crippen molar-refractivity contribution >= 4 is 40.0 Å². The summed E-state index contributed by atoms with van der Waals surface area (Å²) in [6.45, 7) is 7.20. The van der Waals surface area contributed by atoms with Crippen molar-refractivity contribution in [2.75, 3.05) is 37.7 Å². The maximum Gasteiger partial charge on any atom is 0.272 e. The number of amides is 2. The van der Waals surface area contributed by atoms with E-state index in [1.54, 1.807) is 31.2 Å². The molecule has 1 spiro atoms. The van der Waals surface area contributed by atoms with Crippen molar-refractivity contribution in [2.45, 2.75) is 102 Å². The van der Waals surface area contributed by atoms with Gasteiger partial charge in [0, 0.05) is 117 Å². The standard InChI is InChI=1S/C51H54ClN11O4/c1-32(64)60-17-14-47-43(29-60)49(59-63(47)38-15-19-66-20-16-38)41-4-2-3-34-21-46(54-27-42(34)41)36-26-55-62(28-36)18-13-33-23-51(24-33)30-61(31-51)48-12-11-45(57-58-48)50(65)56-37-6-9-39(10-7-37)67-40-8-5-35(25-53)44(52)22-40/h2-5,8,11-12,21-22,26-28,33,37-39H,6-7,9-10,13-20,23-24,29-31H2,1H3,(H,56,65). The third-order valence-electron chi connectivity index (χ3n) is 14.9. The van der Waals surface area contributed by atoms with Gasteiger partial charge < -0.3 is 24.6 Å². The summed E-state index contributed by atoms with van der Waals surface area (Å²) < 4.78 is 16.1. The van der Waals surface area contributed by atoms with E-state index >= 15 is 0 Å². The van der Waals surface area contributed by atoms with E-state index in [0.29, 0.717) is 52.5 Å². The van der Waals surface area contributed by atoms with Gasteiger partial charge in [0.2, 0.25) is 5.91 Å². The van der Waals surface area contributed by atoms with Gasteiger partial charge in [-0.15, -0.1) is 10.2 Å². The molecule has 5 aliphatic rings. The number of fused-ring (bicyclic) bond motifs is 2. The quantitative estimate of drug-likeness (QED) is 0.134. The fourth-order valence-corrected chi connectivity index (χ4v) is 11.4. The highest BCUT2D eigenvalue weighted by molar-refractivity contribution is 6.31. The van der Waals surface area contributed by atoms with Gasteiger partial charge in [0.05, 0.1) is 40.3 Å². The molecule has 344 valence electrons. The fraction of sp³-hybridized carbons (Fsp3) is 0.451. The van der Waals surface area contributed by atoms with Crippen LogP contribution in [-0.2, 0) is 29.0 Å². The number of aryl methyl sites for hydroxylation is 1. The molecule has 7 heterocycles. The molecular weight excluding hydrogens is 866 g/mol. The zero-order chi connectivity index (χ0) is 45.6. The average molecular weight is 921 g/mol. The normalized spacial score (nSPS) is 20.5. The number of carbonyl (C=O) groups is 2. The number of carbonyl (C=O) groups excluding carboxylic acids is 2. The van der Waals surface area contributed by atoms with Gasteiger partial charge in [-0.25, -0.2) is 0 Å². The number of aromatic nitrogens is 7. The molecular formula is C51H54ClN11O4. The third kappa shape index (κ3) is 8.73. The first-order valence-electron chi connectivity index (χ1n) is 23.8. The van der Waals surface area contributed by atoms with E-state index in [1.165, 1.54) is 18.5 Å². The van der Waals surface area contributed by atoms with Crippen molar-refractivity contribution < 1.29 is 19.1 Å². The second kappa shape index (κ2) is 18.0. The van der Waals surface area contributed by atoms with E-state index in [1.807, 2.05) is 23.4 Å². The molecule has 6 aromatic rings. The summed E-state index contributed by atoms with van der Waals surface area (Å²) in [5.74, 6) is 2.01. The predicted molar refractivity (Wildman–Crippen MR) is 252 cm³/mol. The molecule has 2 saturated carbocycles. The van der Waals surface area contributed by atoms with Gasteiger partial charge in [0.25, 0.3) is 5.91 Å². The number of hydrogen-bond donors (Lipinski definition) is 1.